The molecule has 0 amide bonds. The standard InChI is InChI=1S/C16H35NO2/c1-5-8-9-15(7-3)13-16(17-10-6-2)14-19-12-11-18-4/h15-17H,5-14H2,1-4H3. The summed E-state index contributed by atoms with van der Waals surface area (Å²) in [6.45, 7) is 10.1. The monoisotopic (exact) mass is 273 g/mol. The maximum absolute atomic E-state index is 5.70. The molecule has 0 fully saturated rings. The smallest absolute Gasteiger partial charge is 0.0701 e. The second kappa shape index (κ2) is 14.3. The first-order valence-corrected chi connectivity index (χ1v) is 8.08. The molecule has 3 nitrogen and oxygen atoms in total. The Morgan fingerprint density at radius 1 is 1.05 bits per heavy atom. The molecule has 0 aromatic heterocycles. The van der Waals surface area contributed by atoms with E-state index in [0.29, 0.717) is 19.3 Å². The molecule has 0 saturated carbocycles. The molecule has 0 bridgehead atoms. The van der Waals surface area contributed by atoms with E-state index in [1.165, 1.54) is 38.5 Å². The Labute approximate surface area is 120 Å². The fourth-order valence-electron chi connectivity index (χ4n) is 2.31. The topological polar surface area (TPSA) is 30.5 Å². The molecule has 3 heteroatoms. The van der Waals surface area contributed by atoms with Crippen LogP contribution in [0.2, 0.25) is 0 Å². The average molecular weight is 273 g/mol. The highest BCUT2D eigenvalue weighted by atomic mass is 16.5. The summed E-state index contributed by atoms with van der Waals surface area (Å²) in [7, 11) is 1.72. The number of ether oxygens (including phenoxy) is 2. The maximum Gasteiger partial charge on any atom is 0.0701 e. The molecule has 0 aliphatic heterocycles. The van der Waals surface area contributed by atoms with Crippen molar-refractivity contribution >= 4 is 0 Å². The fourth-order valence-corrected chi connectivity index (χ4v) is 2.31. The first kappa shape index (κ1) is 18.9. The van der Waals surface area contributed by atoms with Gasteiger partial charge in [-0.05, 0) is 25.3 Å². The lowest BCUT2D eigenvalue weighted by Crippen LogP contribution is -2.36. The molecule has 0 saturated heterocycles. The second-order valence-electron chi connectivity index (χ2n) is 5.37. The molecule has 0 aliphatic rings. The van der Waals surface area contributed by atoms with E-state index in [-0.39, 0.29) is 0 Å². The zero-order valence-electron chi connectivity index (χ0n) is 13.5. The molecule has 1 N–H and O–H groups in total. The minimum Gasteiger partial charge on any atom is -0.382 e. The van der Waals surface area contributed by atoms with Crippen LogP contribution in [-0.2, 0) is 9.47 Å². The summed E-state index contributed by atoms with van der Waals surface area (Å²) >= 11 is 0. The molecule has 0 radical (unpaired) electrons. The van der Waals surface area contributed by atoms with Crippen LogP contribution in [0.1, 0.15) is 59.3 Å². The van der Waals surface area contributed by atoms with Gasteiger partial charge in [0.25, 0.3) is 0 Å². The lowest BCUT2D eigenvalue weighted by molar-refractivity contribution is 0.0545. The van der Waals surface area contributed by atoms with Crippen molar-refractivity contribution in [2.24, 2.45) is 5.92 Å². The highest BCUT2D eigenvalue weighted by Gasteiger charge is 2.14. The van der Waals surface area contributed by atoms with E-state index in [1.807, 2.05) is 0 Å². The van der Waals surface area contributed by atoms with E-state index < -0.39 is 0 Å². The van der Waals surface area contributed by atoms with Crippen LogP contribution in [0.5, 0.6) is 0 Å². The number of hydrogen-bond donors (Lipinski definition) is 1. The van der Waals surface area contributed by atoms with Crippen molar-refractivity contribution in [2.45, 2.75) is 65.3 Å². The van der Waals surface area contributed by atoms with Gasteiger partial charge in [0.2, 0.25) is 0 Å². The van der Waals surface area contributed by atoms with Crippen molar-refractivity contribution in [3.63, 3.8) is 0 Å². The molecule has 0 aromatic carbocycles. The van der Waals surface area contributed by atoms with Crippen LogP contribution in [0.15, 0.2) is 0 Å². The first-order valence-electron chi connectivity index (χ1n) is 8.08. The van der Waals surface area contributed by atoms with Gasteiger partial charge >= 0.3 is 0 Å². The SMILES string of the molecule is CCCCC(CC)CC(COCCOC)NCCC. The summed E-state index contributed by atoms with van der Waals surface area (Å²) in [6, 6.07) is 0.499. The van der Waals surface area contributed by atoms with Crippen molar-refractivity contribution < 1.29 is 9.47 Å². The number of nitrogens with one attached hydrogen (secondary N) is 1. The van der Waals surface area contributed by atoms with Gasteiger partial charge in [0.1, 0.15) is 0 Å². The lowest BCUT2D eigenvalue weighted by atomic mass is 9.92. The molecule has 0 heterocycles. The maximum atomic E-state index is 5.70. The summed E-state index contributed by atoms with van der Waals surface area (Å²) in [5, 5.41) is 3.62. The predicted octanol–water partition coefficient (Wildman–Crippen LogP) is 3.62. The molecule has 2 unspecified atom stereocenters. The normalized spacial score (nSPS) is 14.5. The molecular formula is C16H35NO2. The molecule has 0 spiro atoms. The van der Waals surface area contributed by atoms with Gasteiger partial charge < -0.3 is 14.8 Å². The van der Waals surface area contributed by atoms with Crippen LogP contribution in [0.25, 0.3) is 0 Å². The van der Waals surface area contributed by atoms with Gasteiger partial charge in [0.05, 0.1) is 19.8 Å². The molecule has 116 valence electrons. The number of unbranched alkanes of at least 4 members (excludes halogenated alkanes) is 1. The first-order chi connectivity index (χ1) is 9.28. The molecule has 0 rings (SSSR count). The zero-order valence-corrected chi connectivity index (χ0v) is 13.5. The number of rotatable bonds is 14. The summed E-state index contributed by atoms with van der Waals surface area (Å²) in [5.74, 6) is 0.834. The highest BCUT2D eigenvalue weighted by molar-refractivity contribution is 4.71. The Kier molecular flexibility index (Phi) is 14.2. The average Bonchev–Trinajstić information content (AvgIpc) is 2.44. The van der Waals surface area contributed by atoms with Crippen LogP contribution in [-0.4, -0.2) is 39.5 Å². The quantitative estimate of drug-likeness (QED) is 0.490. The van der Waals surface area contributed by atoms with E-state index in [9.17, 15) is 0 Å². The van der Waals surface area contributed by atoms with Crippen LogP contribution in [0.4, 0.5) is 0 Å². The van der Waals surface area contributed by atoms with Gasteiger partial charge in [0, 0.05) is 13.2 Å². The second-order valence-corrected chi connectivity index (χ2v) is 5.37. The van der Waals surface area contributed by atoms with E-state index in [2.05, 4.69) is 26.1 Å². The largest absolute Gasteiger partial charge is 0.382 e. The summed E-state index contributed by atoms with van der Waals surface area (Å²) in [6.07, 6.45) is 7.71. The van der Waals surface area contributed by atoms with E-state index >= 15 is 0 Å². The van der Waals surface area contributed by atoms with Gasteiger partial charge in [-0.25, -0.2) is 0 Å². The van der Waals surface area contributed by atoms with Gasteiger partial charge in [-0.1, -0.05) is 46.5 Å². The third kappa shape index (κ3) is 11.4. The Hall–Kier alpha value is -0.120. The lowest BCUT2D eigenvalue weighted by Gasteiger charge is -2.24. The van der Waals surface area contributed by atoms with E-state index in [1.54, 1.807) is 7.11 Å². The molecule has 19 heavy (non-hydrogen) atoms. The van der Waals surface area contributed by atoms with Crippen molar-refractivity contribution in [3.05, 3.63) is 0 Å². The van der Waals surface area contributed by atoms with Crippen molar-refractivity contribution in [3.8, 4) is 0 Å². The minimum absolute atomic E-state index is 0.499. The van der Waals surface area contributed by atoms with Crippen LogP contribution in [0.3, 0.4) is 0 Å². The third-order valence-electron chi connectivity index (χ3n) is 3.59. The van der Waals surface area contributed by atoms with Crippen LogP contribution < -0.4 is 5.32 Å². The Morgan fingerprint density at radius 3 is 2.42 bits per heavy atom. The Balaban J connectivity index is 3.99. The fraction of sp³-hybridized carbons (Fsp3) is 1.00. The van der Waals surface area contributed by atoms with Crippen LogP contribution >= 0.6 is 0 Å². The zero-order chi connectivity index (χ0) is 14.3. The Morgan fingerprint density at radius 2 is 1.84 bits per heavy atom. The number of hydrogen-bond acceptors (Lipinski definition) is 3. The van der Waals surface area contributed by atoms with Crippen molar-refractivity contribution in [2.75, 3.05) is 33.5 Å². The number of methoxy groups -OCH3 is 1. The van der Waals surface area contributed by atoms with Gasteiger partial charge in [-0.15, -0.1) is 0 Å². The summed E-state index contributed by atoms with van der Waals surface area (Å²) < 4.78 is 10.7. The van der Waals surface area contributed by atoms with Gasteiger partial charge in [-0.2, -0.15) is 0 Å². The van der Waals surface area contributed by atoms with E-state index in [0.717, 1.165) is 19.1 Å². The molecule has 0 aliphatic carbocycles. The summed E-state index contributed by atoms with van der Waals surface area (Å²) in [4.78, 5) is 0. The molecule has 2 atom stereocenters. The highest BCUT2D eigenvalue weighted by Crippen LogP contribution is 2.18. The van der Waals surface area contributed by atoms with E-state index in [4.69, 9.17) is 9.47 Å². The van der Waals surface area contributed by atoms with Crippen LogP contribution in [0, 0.1) is 5.92 Å². The minimum atomic E-state index is 0.499. The predicted molar refractivity (Wildman–Crippen MR) is 82.7 cm³/mol. The summed E-state index contributed by atoms with van der Waals surface area (Å²) in [5.41, 5.74) is 0. The van der Waals surface area contributed by atoms with Gasteiger partial charge in [0.15, 0.2) is 0 Å². The Bertz CT molecular complexity index is 176. The van der Waals surface area contributed by atoms with Crippen molar-refractivity contribution in [1.29, 1.82) is 0 Å². The molecule has 0 aromatic rings. The van der Waals surface area contributed by atoms with Crippen molar-refractivity contribution in [1.82, 2.24) is 5.32 Å². The molecular weight excluding hydrogens is 238 g/mol. The van der Waals surface area contributed by atoms with Gasteiger partial charge in [-0.3, -0.25) is 0 Å². The third-order valence-corrected chi connectivity index (χ3v) is 3.59.